The van der Waals surface area contributed by atoms with Gasteiger partial charge in [0.05, 0.1) is 5.60 Å². The molecule has 0 amide bonds. The van der Waals surface area contributed by atoms with Crippen molar-refractivity contribution in [3.8, 4) is 0 Å². The van der Waals surface area contributed by atoms with Gasteiger partial charge in [-0.1, -0.05) is 32.6 Å². The van der Waals surface area contributed by atoms with Crippen molar-refractivity contribution in [3.05, 3.63) is 0 Å². The van der Waals surface area contributed by atoms with Gasteiger partial charge in [-0.2, -0.15) is 0 Å². The second-order valence-electron chi connectivity index (χ2n) is 6.15. The fourth-order valence-electron chi connectivity index (χ4n) is 4.20. The van der Waals surface area contributed by atoms with E-state index in [9.17, 15) is 0 Å². The molecule has 2 nitrogen and oxygen atoms in total. The molecule has 0 aromatic carbocycles. The van der Waals surface area contributed by atoms with Crippen molar-refractivity contribution in [1.82, 2.24) is 5.32 Å². The third-order valence-corrected chi connectivity index (χ3v) is 5.14. The zero-order valence-electron chi connectivity index (χ0n) is 11.8. The van der Waals surface area contributed by atoms with Crippen LogP contribution < -0.4 is 5.32 Å². The average Bonchev–Trinajstić information content (AvgIpc) is 2.78. The summed E-state index contributed by atoms with van der Waals surface area (Å²) in [5.41, 5.74) is 0.0875. The molecular formula is C15H29NO. The minimum absolute atomic E-state index is 0.0875. The number of likely N-dealkylation sites (N-methyl/N-ethyl adjacent to an activating group) is 1. The minimum atomic E-state index is 0.0875. The molecule has 4 atom stereocenters. The lowest BCUT2D eigenvalue weighted by atomic mass is 9.69. The molecule has 4 unspecified atom stereocenters. The molecule has 1 saturated heterocycles. The molecule has 1 aliphatic heterocycles. The Kier molecular flexibility index (Phi) is 4.48. The van der Waals surface area contributed by atoms with Crippen molar-refractivity contribution < 1.29 is 4.74 Å². The molecule has 1 heterocycles. The summed E-state index contributed by atoms with van der Waals surface area (Å²) in [6.07, 6.45) is 9.46. The van der Waals surface area contributed by atoms with Gasteiger partial charge in [-0.05, 0) is 45.1 Å². The Morgan fingerprint density at radius 1 is 1.29 bits per heavy atom. The van der Waals surface area contributed by atoms with Gasteiger partial charge in [0.15, 0.2) is 0 Å². The van der Waals surface area contributed by atoms with E-state index in [4.69, 9.17) is 4.74 Å². The Balaban J connectivity index is 2.10. The highest BCUT2D eigenvalue weighted by molar-refractivity contribution is 4.98. The third kappa shape index (κ3) is 2.68. The maximum Gasteiger partial charge on any atom is 0.0810 e. The summed E-state index contributed by atoms with van der Waals surface area (Å²) in [7, 11) is 2.12. The second kappa shape index (κ2) is 5.71. The molecule has 0 aromatic heterocycles. The van der Waals surface area contributed by atoms with Gasteiger partial charge in [-0.25, -0.2) is 0 Å². The summed E-state index contributed by atoms with van der Waals surface area (Å²) in [6.45, 7) is 5.63. The summed E-state index contributed by atoms with van der Waals surface area (Å²) in [4.78, 5) is 0. The summed E-state index contributed by atoms with van der Waals surface area (Å²) < 4.78 is 6.08. The van der Waals surface area contributed by atoms with Crippen LogP contribution in [0.4, 0.5) is 0 Å². The molecular weight excluding hydrogens is 210 g/mol. The number of rotatable bonds is 4. The van der Waals surface area contributed by atoms with Gasteiger partial charge in [0.2, 0.25) is 0 Å². The van der Waals surface area contributed by atoms with E-state index < -0.39 is 0 Å². The average molecular weight is 239 g/mol. The zero-order chi connectivity index (χ0) is 12.3. The van der Waals surface area contributed by atoms with Crippen LogP contribution in [-0.4, -0.2) is 25.3 Å². The van der Waals surface area contributed by atoms with E-state index in [2.05, 4.69) is 26.2 Å². The van der Waals surface area contributed by atoms with Crippen molar-refractivity contribution in [3.63, 3.8) is 0 Å². The van der Waals surface area contributed by atoms with Gasteiger partial charge in [-0.3, -0.25) is 0 Å². The summed E-state index contributed by atoms with van der Waals surface area (Å²) in [5, 5.41) is 3.59. The standard InChI is InChI=1S/C15H29NO/c1-4-12-8-5-6-9-13(12)14(16-3)15(2)10-7-11-17-15/h12-14,16H,4-11H2,1-3H3. The van der Waals surface area contributed by atoms with Crippen molar-refractivity contribution in [2.45, 2.75) is 70.4 Å². The maximum absolute atomic E-state index is 6.08. The van der Waals surface area contributed by atoms with Crippen LogP contribution in [0.25, 0.3) is 0 Å². The Morgan fingerprint density at radius 2 is 2.06 bits per heavy atom. The number of hydrogen-bond acceptors (Lipinski definition) is 2. The molecule has 2 aliphatic rings. The Bertz CT molecular complexity index is 235. The van der Waals surface area contributed by atoms with Crippen molar-refractivity contribution in [1.29, 1.82) is 0 Å². The second-order valence-corrected chi connectivity index (χ2v) is 6.15. The molecule has 2 rings (SSSR count). The predicted octanol–water partition coefficient (Wildman–Crippen LogP) is 3.36. The third-order valence-electron chi connectivity index (χ3n) is 5.14. The first kappa shape index (κ1) is 13.4. The fraction of sp³-hybridized carbons (Fsp3) is 1.00. The summed E-state index contributed by atoms with van der Waals surface area (Å²) in [6, 6.07) is 0.551. The lowest BCUT2D eigenvalue weighted by molar-refractivity contribution is -0.0418. The largest absolute Gasteiger partial charge is 0.374 e. The molecule has 1 aliphatic carbocycles. The van der Waals surface area contributed by atoms with Crippen LogP contribution in [0.15, 0.2) is 0 Å². The molecule has 0 spiro atoms. The Morgan fingerprint density at radius 3 is 2.65 bits per heavy atom. The highest BCUT2D eigenvalue weighted by Crippen LogP contribution is 2.41. The van der Waals surface area contributed by atoms with Crippen LogP contribution >= 0.6 is 0 Å². The Labute approximate surface area is 107 Å². The summed E-state index contributed by atoms with van der Waals surface area (Å²) >= 11 is 0. The first-order valence-electron chi connectivity index (χ1n) is 7.52. The maximum atomic E-state index is 6.08. The molecule has 0 aromatic rings. The fourth-order valence-corrected chi connectivity index (χ4v) is 4.20. The highest BCUT2D eigenvalue weighted by Gasteiger charge is 2.44. The smallest absolute Gasteiger partial charge is 0.0810 e. The van der Waals surface area contributed by atoms with Crippen molar-refractivity contribution in [2.75, 3.05) is 13.7 Å². The van der Waals surface area contributed by atoms with Crippen LogP contribution in [-0.2, 0) is 4.74 Å². The van der Waals surface area contributed by atoms with Crippen LogP contribution in [0.5, 0.6) is 0 Å². The minimum Gasteiger partial charge on any atom is -0.374 e. The molecule has 1 N–H and O–H groups in total. The van der Waals surface area contributed by atoms with Gasteiger partial charge >= 0.3 is 0 Å². The normalized spacial score (nSPS) is 40.4. The van der Waals surface area contributed by atoms with E-state index in [-0.39, 0.29) is 5.60 Å². The lowest BCUT2D eigenvalue weighted by Crippen LogP contribution is -2.54. The van der Waals surface area contributed by atoms with E-state index in [1.807, 2.05) is 0 Å². The Hall–Kier alpha value is -0.0800. The van der Waals surface area contributed by atoms with Crippen LogP contribution in [0.2, 0.25) is 0 Å². The van der Waals surface area contributed by atoms with Gasteiger partial charge in [0.25, 0.3) is 0 Å². The number of nitrogens with one attached hydrogen (secondary N) is 1. The van der Waals surface area contributed by atoms with Gasteiger partial charge in [-0.15, -0.1) is 0 Å². The SMILES string of the molecule is CCC1CCCCC1C(NC)C1(C)CCCO1. The number of hydrogen-bond donors (Lipinski definition) is 1. The van der Waals surface area contributed by atoms with Crippen LogP contribution in [0.3, 0.4) is 0 Å². The molecule has 2 heteroatoms. The van der Waals surface area contributed by atoms with Crippen molar-refractivity contribution >= 4 is 0 Å². The quantitative estimate of drug-likeness (QED) is 0.812. The summed E-state index contributed by atoms with van der Waals surface area (Å²) in [5.74, 6) is 1.73. The molecule has 1 saturated carbocycles. The predicted molar refractivity (Wildman–Crippen MR) is 72.2 cm³/mol. The molecule has 0 bridgehead atoms. The molecule has 2 fully saturated rings. The van der Waals surface area contributed by atoms with E-state index in [0.717, 1.165) is 18.4 Å². The molecule has 17 heavy (non-hydrogen) atoms. The first-order valence-corrected chi connectivity index (χ1v) is 7.52. The topological polar surface area (TPSA) is 21.3 Å². The molecule has 0 radical (unpaired) electrons. The van der Waals surface area contributed by atoms with Gasteiger partial charge in [0.1, 0.15) is 0 Å². The van der Waals surface area contributed by atoms with E-state index in [0.29, 0.717) is 6.04 Å². The monoisotopic (exact) mass is 239 g/mol. The van der Waals surface area contributed by atoms with Gasteiger partial charge in [0, 0.05) is 12.6 Å². The van der Waals surface area contributed by atoms with Crippen molar-refractivity contribution in [2.24, 2.45) is 11.8 Å². The highest BCUT2D eigenvalue weighted by atomic mass is 16.5. The van der Waals surface area contributed by atoms with E-state index in [1.165, 1.54) is 44.9 Å². The first-order chi connectivity index (χ1) is 8.21. The van der Waals surface area contributed by atoms with Gasteiger partial charge < -0.3 is 10.1 Å². The number of ether oxygens (including phenoxy) is 1. The van der Waals surface area contributed by atoms with E-state index >= 15 is 0 Å². The molecule has 100 valence electrons. The van der Waals surface area contributed by atoms with E-state index in [1.54, 1.807) is 0 Å². The van der Waals surface area contributed by atoms with Crippen LogP contribution in [0.1, 0.15) is 58.8 Å². The van der Waals surface area contributed by atoms with Crippen LogP contribution in [0, 0.1) is 11.8 Å². The zero-order valence-corrected chi connectivity index (χ0v) is 11.8. The lowest BCUT2D eigenvalue weighted by Gasteiger charge is -2.44.